The SMILES string of the molecule is CC1=CCC(c2cc(-c3ccccc3)cc(-c3ccccc3)c2)=CC=C1. The van der Waals surface area contributed by atoms with Crippen LogP contribution in [0, 0.1) is 0 Å². The van der Waals surface area contributed by atoms with Crippen molar-refractivity contribution < 1.29 is 0 Å². The molecule has 1 aliphatic rings. The van der Waals surface area contributed by atoms with Crippen molar-refractivity contribution in [2.24, 2.45) is 0 Å². The number of hydrogen-bond acceptors (Lipinski definition) is 0. The Morgan fingerprint density at radius 1 is 0.615 bits per heavy atom. The molecule has 0 nitrogen and oxygen atoms in total. The number of hydrogen-bond donors (Lipinski definition) is 0. The topological polar surface area (TPSA) is 0 Å². The summed E-state index contributed by atoms with van der Waals surface area (Å²) < 4.78 is 0. The number of benzene rings is 3. The Hall–Kier alpha value is -3.12. The minimum atomic E-state index is 0.964. The lowest BCUT2D eigenvalue weighted by Gasteiger charge is -2.12. The van der Waals surface area contributed by atoms with E-state index in [0.29, 0.717) is 0 Å². The Bertz CT molecular complexity index is 926. The Morgan fingerprint density at radius 3 is 1.73 bits per heavy atom. The molecule has 0 saturated heterocycles. The molecule has 0 spiro atoms. The second-order valence-corrected chi connectivity index (χ2v) is 6.73. The van der Waals surface area contributed by atoms with Gasteiger partial charge in [0.05, 0.1) is 0 Å². The predicted octanol–water partition coefficient (Wildman–Crippen LogP) is 7.31. The van der Waals surface area contributed by atoms with Gasteiger partial charge in [-0.3, -0.25) is 0 Å². The summed E-state index contributed by atoms with van der Waals surface area (Å²) in [5.41, 5.74) is 8.99. The van der Waals surface area contributed by atoms with Crippen molar-refractivity contribution in [3.05, 3.63) is 114 Å². The van der Waals surface area contributed by atoms with Crippen LogP contribution in [0.15, 0.2) is 109 Å². The molecular formula is C26H22. The van der Waals surface area contributed by atoms with Crippen LogP contribution in [0.5, 0.6) is 0 Å². The molecule has 3 aromatic carbocycles. The van der Waals surface area contributed by atoms with E-state index in [9.17, 15) is 0 Å². The van der Waals surface area contributed by atoms with Gasteiger partial charge in [-0.15, -0.1) is 0 Å². The van der Waals surface area contributed by atoms with Crippen LogP contribution < -0.4 is 0 Å². The second kappa shape index (κ2) is 7.41. The molecule has 3 aromatic rings. The normalized spacial score (nSPS) is 13.7. The predicted molar refractivity (Wildman–Crippen MR) is 113 cm³/mol. The smallest absolute Gasteiger partial charge is 0.00858 e. The fourth-order valence-electron chi connectivity index (χ4n) is 3.34. The van der Waals surface area contributed by atoms with Gasteiger partial charge in [0.2, 0.25) is 0 Å². The fourth-order valence-corrected chi connectivity index (χ4v) is 3.34. The molecule has 0 atom stereocenters. The highest BCUT2D eigenvalue weighted by Crippen LogP contribution is 2.32. The van der Waals surface area contributed by atoms with Gasteiger partial charge in [-0.05, 0) is 64.9 Å². The van der Waals surface area contributed by atoms with E-state index in [0.717, 1.165) is 6.42 Å². The van der Waals surface area contributed by atoms with Gasteiger partial charge >= 0.3 is 0 Å². The molecule has 4 rings (SSSR count). The van der Waals surface area contributed by atoms with Gasteiger partial charge < -0.3 is 0 Å². The number of rotatable bonds is 3. The molecule has 0 unspecified atom stereocenters. The van der Waals surface area contributed by atoms with Crippen LogP contribution in [-0.4, -0.2) is 0 Å². The molecule has 1 aliphatic carbocycles. The van der Waals surface area contributed by atoms with Crippen molar-refractivity contribution in [2.75, 3.05) is 0 Å². The first-order valence-corrected chi connectivity index (χ1v) is 9.10. The zero-order valence-corrected chi connectivity index (χ0v) is 15.0. The summed E-state index contributed by atoms with van der Waals surface area (Å²) in [5.74, 6) is 0. The Kier molecular flexibility index (Phi) is 4.66. The van der Waals surface area contributed by atoms with Gasteiger partial charge in [0.25, 0.3) is 0 Å². The highest BCUT2D eigenvalue weighted by atomic mass is 14.1. The molecular weight excluding hydrogens is 312 g/mol. The summed E-state index contributed by atoms with van der Waals surface area (Å²) in [6.07, 6.45) is 9.83. The van der Waals surface area contributed by atoms with Crippen LogP contribution in [0.1, 0.15) is 18.9 Å². The summed E-state index contributed by atoms with van der Waals surface area (Å²) in [5, 5.41) is 0. The summed E-state index contributed by atoms with van der Waals surface area (Å²) in [6, 6.07) is 28.2. The van der Waals surface area contributed by atoms with E-state index in [1.165, 1.54) is 39.0 Å². The lowest BCUT2D eigenvalue weighted by molar-refractivity contribution is 1.35. The van der Waals surface area contributed by atoms with Gasteiger partial charge in [-0.25, -0.2) is 0 Å². The van der Waals surface area contributed by atoms with E-state index < -0.39 is 0 Å². The van der Waals surface area contributed by atoms with E-state index in [2.05, 4.69) is 110 Å². The Labute approximate surface area is 155 Å². The quantitative estimate of drug-likeness (QED) is 0.471. The summed E-state index contributed by atoms with van der Waals surface area (Å²) in [6.45, 7) is 2.16. The van der Waals surface area contributed by atoms with E-state index >= 15 is 0 Å². The lowest BCUT2D eigenvalue weighted by atomic mass is 9.92. The van der Waals surface area contributed by atoms with Crippen LogP contribution in [0.25, 0.3) is 27.8 Å². The molecule has 0 aromatic heterocycles. The van der Waals surface area contributed by atoms with Gasteiger partial charge in [0, 0.05) is 0 Å². The molecule has 0 N–H and O–H groups in total. The van der Waals surface area contributed by atoms with Crippen molar-refractivity contribution in [1.82, 2.24) is 0 Å². The van der Waals surface area contributed by atoms with Crippen LogP contribution in [-0.2, 0) is 0 Å². The minimum Gasteiger partial charge on any atom is -0.0772 e. The fraction of sp³-hybridized carbons (Fsp3) is 0.0769. The zero-order chi connectivity index (χ0) is 17.8. The number of allylic oxidation sites excluding steroid dienone is 6. The van der Waals surface area contributed by atoms with Crippen LogP contribution in [0.2, 0.25) is 0 Å². The van der Waals surface area contributed by atoms with E-state index in [1.54, 1.807) is 0 Å². The molecule has 0 fully saturated rings. The maximum atomic E-state index is 2.32. The van der Waals surface area contributed by atoms with Gasteiger partial charge in [0.1, 0.15) is 0 Å². The third-order valence-electron chi connectivity index (χ3n) is 4.82. The van der Waals surface area contributed by atoms with Crippen LogP contribution in [0.4, 0.5) is 0 Å². The van der Waals surface area contributed by atoms with Gasteiger partial charge in [0.15, 0.2) is 0 Å². The van der Waals surface area contributed by atoms with E-state index in [-0.39, 0.29) is 0 Å². The standard InChI is InChI=1S/C26H22/c1-20-9-8-14-23(16-15-20)26-18-24(21-10-4-2-5-11-21)17-25(19-26)22-12-6-3-7-13-22/h2-15,17-19H,16H2,1H3. The molecule has 0 bridgehead atoms. The van der Waals surface area contributed by atoms with Crippen molar-refractivity contribution in [3.8, 4) is 22.3 Å². The van der Waals surface area contributed by atoms with Crippen LogP contribution in [0.3, 0.4) is 0 Å². The van der Waals surface area contributed by atoms with Crippen LogP contribution >= 0.6 is 0 Å². The molecule has 0 amide bonds. The second-order valence-electron chi connectivity index (χ2n) is 6.73. The third-order valence-corrected chi connectivity index (χ3v) is 4.82. The molecule has 26 heavy (non-hydrogen) atoms. The van der Waals surface area contributed by atoms with E-state index in [4.69, 9.17) is 0 Å². The Balaban J connectivity index is 1.86. The third kappa shape index (κ3) is 3.60. The average Bonchev–Trinajstić information content (AvgIpc) is 2.93. The van der Waals surface area contributed by atoms with Gasteiger partial charge in [-0.1, -0.05) is 90.5 Å². The van der Waals surface area contributed by atoms with E-state index in [1.807, 2.05) is 0 Å². The molecule has 0 heteroatoms. The molecule has 126 valence electrons. The highest BCUT2D eigenvalue weighted by Gasteiger charge is 2.09. The summed E-state index contributed by atoms with van der Waals surface area (Å²) >= 11 is 0. The zero-order valence-electron chi connectivity index (χ0n) is 15.0. The van der Waals surface area contributed by atoms with Gasteiger partial charge in [-0.2, -0.15) is 0 Å². The minimum absolute atomic E-state index is 0.964. The maximum absolute atomic E-state index is 2.32. The monoisotopic (exact) mass is 334 g/mol. The summed E-state index contributed by atoms with van der Waals surface area (Å²) in [7, 11) is 0. The highest BCUT2D eigenvalue weighted by molar-refractivity contribution is 5.81. The maximum Gasteiger partial charge on any atom is -0.00858 e. The largest absolute Gasteiger partial charge is 0.0772 e. The molecule has 0 saturated carbocycles. The van der Waals surface area contributed by atoms with Crippen molar-refractivity contribution in [2.45, 2.75) is 13.3 Å². The molecule has 0 aliphatic heterocycles. The molecule has 0 heterocycles. The Morgan fingerprint density at radius 2 is 1.15 bits per heavy atom. The first-order chi connectivity index (χ1) is 12.8. The summed E-state index contributed by atoms with van der Waals surface area (Å²) in [4.78, 5) is 0. The van der Waals surface area contributed by atoms with Crippen molar-refractivity contribution in [1.29, 1.82) is 0 Å². The van der Waals surface area contributed by atoms with Crippen molar-refractivity contribution >= 4 is 5.57 Å². The lowest BCUT2D eigenvalue weighted by Crippen LogP contribution is -1.89. The van der Waals surface area contributed by atoms with Crippen molar-refractivity contribution in [3.63, 3.8) is 0 Å². The average molecular weight is 334 g/mol. The first-order valence-electron chi connectivity index (χ1n) is 9.10. The molecule has 0 radical (unpaired) electrons. The first kappa shape index (κ1) is 16.4.